The fraction of sp³-hybridized carbons (Fsp3) is 0.471. The van der Waals surface area contributed by atoms with Gasteiger partial charge in [-0.25, -0.2) is 4.98 Å². The van der Waals surface area contributed by atoms with Crippen LogP contribution in [0.3, 0.4) is 0 Å². The van der Waals surface area contributed by atoms with Crippen LogP contribution >= 0.6 is 11.8 Å². The Morgan fingerprint density at radius 3 is 2.74 bits per heavy atom. The maximum Gasteiger partial charge on any atom is 0.230 e. The number of rotatable bonds is 7. The fourth-order valence-electron chi connectivity index (χ4n) is 2.77. The van der Waals surface area contributed by atoms with Crippen molar-refractivity contribution in [1.29, 1.82) is 0 Å². The van der Waals surface area contributed by atoms with Gasteiger partial charge in [0.2, 0.25) is 11.1 Å². The normalized spacial score (nSPS) is 18.6. The van der Waals surface area contributed by atoms with Gasteiger partial charge >= 0.3 is 0 Å². The highest BCUT2D eigenvalue weighted by Crippen LogP contribution is 2.41. The fourth-order valence-corrected chi connectivity index (χ4v) is 3.39. The van der Waals surface area contributed by atoms with E-state index in [4.69, 9.17) is 0 Å². The molecule has 6 heteroatoms. The van der Waals surface area contributed by atoms with Crippen molar-refractivity contribution in [3.63, 3.8) is 0 Å². The van der Waals surface area contributed by atoms with Gasteiger partial charge in [0.15, 0.2) is 0 Å². The molecule has 2 N–H and O–H groups in total. The third-order valence-corrected chi connectivity index (χ3v) is 5.19. The average molecular weight is 328 g/mol. The molecule has 2 aromatic rings. The molecule has 23 heavy (non-hydrogen) atoms. The highest BCUT2D eigenvalue weighted by Gasteiger charge is 2.33. The lowest BCUT2D eigenvalue weighted by molar-refractivity contribution is -0.119. The van der Waals surface area contributed by atoms with Crippen molar-refractivity contribution in [3.8, 4) is 0 Å². The van der Waals surface area contributed by atoms with Gasteiger partial charge in [0.25, 0.3) is 0 Å². The van der Waals surface area contributed by atoms with Crippen LogP contribution in [0, 0.1) is 5.92 Å². The van der Waals surface area contributed by atoms with Gasteiger partial charge in [-0.2, -0.15) is 0 Å². The predicted molar refractivity (Wildman–Crippen MR) is 89.1 cm³/mol. The van der Waals surface area contributed by atoms with Gasteiger partial charge in [-0.15, -0.1) is 5.10 Å². The molecule has 5 nitrogen and oxygen atoms in total. The molecule has 1 amide bonds. The van der Waals surface area contributed by atoms with Crippen LogP contribution in [0.15, 0.2) is 35.5 Å². The van der Waals surface area contributed by atoms with E-state index < -0.39 is 0 Å². The summed E-state index contributed by atoms with van der Waals surface area (Å²) < 4.78 is 0. The van der Waals surface area contributed by atoms with Crippen molar-refractivity contribution in [2.24, 2.45) is 5.92 Å². The lowest BCUT2D eigenvalue weighted by Gasteiger charge is -2.18. The van der Waals surface area contributed by atoms with Gasteiger partial charge in [-0.1, -0.05) is 42.1 Å². The van der Waals surface area contributed by atoms with Crippen molar-refractivity contribution in [1.82, 2.24) is 20.5 Å². The van der Waals surface area contributed by atoms with E-state index in [1.807, 2.05) is 18.2 Å². The number of benzene rings is 1. The largest absolute Gasteiger partial charge is 0.348 e. The standard InChI is InChI=1S/C17H20N4OS/c22-14(10-23-17-19-16(20-21-17)13-8-9-13)18-15(12-6-7-12)11-4-2-1-3-5-11/h1-5,12-13,15H,6-10H2,(H,18,22)(H,19,20,21). The molecule has 1 aromatic carbocycles. The van der Waals surface area contributed by atoms with E-state index in [0.717, 1.165) is 5.82 Å². The molecular weight excluding hydrogens is 308 g/mol. The second-order valence-corrected chi connectivity index (χ2v) is 7.30. The van der Waals surface area contributed by atoms with Crippen molar-refractivity contribution >= 4 is 17.7 Å². The van der Waals surface area contributed by atoms with Gasteiger partial charge in [0.1, 0.15) is 5.82 Å². The summed E-state index contributed by atoms with van der Waals surface area (Å²) in [4.78, 5) is 16.7. The Labute approximate surface area is 139 Å². The molecule has 0 aliphatic heterocycles. The van der Waals surface area contributed by atoms with Crippen LogP contribution in [0.4, 0.5) is 0 Å². The van der Waals surface area contributed by atoms with E-state index in [9.17, 15) is 4.79 Å². The molecule has 0 bridgehead atoms. The Balaban J connectivity index is 1.32. The second kappa shape index (κ2) is 6.35. The molecular formula is C17H20N4OS. The highest BCUT2D eigenvalue weighted by atomic mass is 32.2. The number of nitrogens with one attached hydrogen (secondary N) is 2. The van der Waals surface area contributed by atoms with Crippen LogP contribution in [0.25, 0.3) is 0 Å². The van der Waals surface area contributed by atoms with Crippen LogP contribution in [0.1, 0.15) is 49.0 Å². The van der Waals surface area contributed by atoms with Crippen LogP contribution in [0.2, 0.25) is 0 Å². The van der Waals surface area contributed by atoms with Gasteiger partial charge in [-0.3, -0.25) is 9.89 Å². The molecule has 1 atom stereocenters. The number of nitrogens with zero attached hydrogens (tertiary/aromatic N) is 2. The first kappa shape index (κ1) is 14.8. The number of aromatic nitrogens is 3. The number of carbonyl (C=O) groups excluding carboxylic acids is 1. The third-order valence-electron chi connectivity index (χ3n) is 4.35. The molecule has 1 aromatic heterocycles. The molecule has 2 aliphatic rings. The minimum atomic E-state index is 0.0496. The van der Waals surface area contributed by atoms with Crippen LogP contribution < -0.4 is 5.32 Å². The predicted octanol–water partition coefficient (Wildman–Crippen LogP) is 3.04. The summed E-state index contributed by atoms with van der Waals surface area (Å²) in [5, 5.41) is 11.0. The van der Waals surface area contributed by atoms with Crippen molar-refractivity contribution in [2.75, 3.05) is 5.75 Å². The number of hydrogen-bond acceptors (Lipinski definition) is 4. The smallest absolute Gasteiger partial charge is 0.230 e. The molecule has 2 saturated carbocycles. The zero-order valence-electron chi connectivity index (χ0n) is 12.9. The van der Waals surface area contributed by atoms with E-state index in [1.54, 1.807) is 0 Å². The molecule has 4 rings (SSSR count). The summed E-state index contributed by atoms with van der Waals surface area (Å²) in [6.45, 7) is 0. The zero-order chi connectivity index (χ0) is 15.6. The molecule has 1 heterocycles. The second-order valence-electron chi connectivity index (χ2n) is 6.36. The minimum Gasteiger partial charge on any atom is -0.348 e. The maximum atomic E-state index is 12.3. The Bertz CT molecular complexity index is 679. The lowest BCUT2D eigenvalue weighted by Crippen LogP contribution is -2.31. The maximum absolute atomic E-state index is 12.3. The van der Waals surface area contributed by atoms with E-state index in [-0.39, 0.29) is 11.9 Å². The summed E-state index contributed by atoms with van der Waals surface area (Å²) in [6, 6.07) is 10.4. The molecule has 0 radical (unpaired) electrons. The van der Waals surface area contributed by atoms with E-state index >= 15 is 0 Å². The number of carbonyl (C=O) groups is 1. The highest BCUT2D eigenvalue weighted by molar-refractivity contribution is 7.99. The van der Waals surface area contributed by atoms with Crippen molar-refractivity contribution in [2.45, 2.75) is 42.8 Å². The number of aromatic amines is 1. The minimum absolute atomic E-state index is 0.0496. The number of thioether (sulfide) groups is 1. The molecule has 120 valence electrons. The SMILES string of the molecule is O=C(CSc1n[nH]c(C2CC2)n1)NC(c1ccccc1)C1CC1. The third kappa shape index (κ3) is 3.75. The summed E-state index contributed by atoms with van der Waals surface area (Å²) >= 11 is 1.40. The van der Waals surface area contributed by atoms with Gasteiger partial charge < -0.3 is 5.32 Å². The van der Waals surface area contributed by atoms with Gasteiger partial charge in [0.05, 0.1) is 11.8 Å². The van der Waals surface area contributed by atoms with Crippen LogP contribution in [0.5, 0.6) is 0 Å². The summed E-state index contributed by atoms with van der Waals surface area (Å²) in [7, 11) is 0. The summed E-state index contributed by atoms with van der Waals surface area (Å²) in [5.74, 6) is 2.51. The number of amides is 1. The Morgan fingerprint density at radius 1 is 1.26 bits per heavy atom. The van der Waals surface area contributed by atoms with Crippen molar-refractivity contribution < 1.29 is 4.79 Å². The molecule has 0 saturated heterocycles. The van der Waals surface area contributed by atoms with Crippen molar-refractivity contribution in [3.05, 3.63) is 41.7 Å². The van der Waals surface area contributed by atoms with E-state index in [1.165, 1.54) is 43.0 Å². The summed E-state index contributed by atoms with van der Waals surface area (Å²) in [6.07, 6.45) is 4.77. The Hall–Kier alpha value is -1.82. The van der Waals surface area contributed by atoms with Crippen LogP contribution in [-0.2, 0) is 4.79 Å². The number of hydrogen-bond donors (Lipinski definition) is 2. The van der Waals surface area contributed by atoms with E-state index in [0.29, 0.717) is 22.7 Å². The van der Waals surface area contributed by atoms with Gasteiger partial charge in [-0.05, 0) is 37.2 Å². The molecule has 2 fully saturated rings. The van der Waals surface area contributed by atoms with Gasteiger partial charge in [0, 0.05) is 5.92 Å². The first-order chi connectivity index (χ1) is 11.3. The van der Waals surface area contributed by atoms with E-state index in [2.05, 4.69) is 32.6 Å². The number of H-pyrrole nitrogens is 1. The molecule has 1 unspecified atom stereocenters. The van der Waals surface area contributed by atoms with Crippen LogP contribution in [-0.4, -0.2) is 26.8 Å². The first-order valence-electron chi connectivity index (χ1n) is 8.19. The average Bonchev–Trinajstić information content (AvgIpc) is 3.50. The zero-order valence-corrected chi connectivity index (χ0v) is 13.7. The monoisotopic (exact) mass is 328 g/mol. The Kier molecular flexibility index (Phi) is 4.08. The summed E-state index contributed by atoms with van der Waals surface area (Å²) in [5.41, 5.74) is 1.20. The Morgan fingerprint density at radius 2 is 2.04 bits per heavy atom. The molecule has 0 spiro atoms. The quantitative estimate of drug-likeness (QED) is 0.766. The lowest BCUT2D eigenvalue weighted by atomic mass is 10.0. The molecule has 2 aliphatic carbocycles. The topological polar surface area (TPSA) is 70.7 Å². The first-order valence-corrected chi connectivity index (χ1v) is 9.17.